The van der Waals surface area contributed by atoms with E-state index in [1.54, 1.807) is 43.3 Å². The van der Waals surface area contributed by atoms with Crippen molar-refractivity contribution in [2.75, 3.05) is 33.3 Å². The van der Waals surface area contributed by atoms with Crippen molar-refractivity contribution in [3.63, 3.8) is 0 Å². The van der Waals surface area contributed by atoms with Gasteiger partial charge >= 0.3 is 11.6 Å². The summed E-state index contributed by atoms with van der Waals surface area (Å²) >= 11 is 0. The van der Waals surface area contributed by atoms with E-state index in [0.29, 0.717) is 28.1 Å². The predicted molar refractivity (Wildman–Crippen MR) is 115 cm³/mol. The number of amides is 1. The summed E-state index contributed by atoms with van der Waals surface area (Å²) < 4.78 is 20.9. The summed E-state index contributed by atoms with van der Waals surface area (Å²) in [7, 11) is 5.76. The fourth-order valence-electron chi connectivity index (χ4n) is 3.42. The third-order valence-electron chi connectivity index (χ3n) is 5.17. The fourth-order valence-corrected chi connectivity index (χ4v) is 3.42. The summed E-state index contributed by atoms with van der Waals surface area (Å²) in [6.45, 7) is 1.75. The topological polar surface area (TPSA) is 95.3 Å². The normalized spacial score (nSPS) is 10.6. The first-order valence-corrected chi connectivity index (χ1v) is 9.45. The van der Waals surface area contributed by atoms with E-state index in [2.05, 4.69) is 0 Å². The average molecular weight is 425 g/mol. The van der Waals surface area contributed by atoms with Gasteiger partial charge in [-0.3, -0.25) is 4.79 Å². The molecule has 0 N–H and O–H groups in total. The minimum atomic E-state index is -0.639. The van der Waals surface area contributed by atoms with Crippen molar-refractivity contribution in [2.45, 2.75) is 13.3 Å². The molecule has 0 spiro atoms. The number of anilines is 1. The highest BCUT2D eigenvalue weighted by Crippen LogP contribution is 2.36. The third-order valence-corrected chi connectivity index (χ3v) is 5.17. The third kappa shape index (κ3) is 3.96. The van der Waals surface area contributed by atoms with Crippen LogP contribution >= 0.6 is 0 Å². The van der Waals surface area contributed by atoms with Crippen LogP contribution in [0.4, 0.5) is 5.69 Å². The van der Waals surface area contributed by atoms with Gasteiger partial charge in [0.2, 0.25) is 11.7 Å². The van der Waals surface area contributed by atoms with E-state index in [-0.39, 0.29) is 29.0 Å². The maximum Gasteiger partial charge on any atom is 0.340 e. The molecule has 0 bridgehead atoms. The first-order chi connectivity index (χ1) is 14.8. The van der Waals surface area contributed by atoms with E-state index in [4.69, 9.17) is 18.6 Å². The van der Waals surface area contributed by atoms with E-state index in [0.717, 1.165) is 0 Å². The maximum atomic E-state index is 13.0. The van der Waals surface area contributed by atoms with Gasteiger partial charge in [0.05, 0.1) is 44.6 Å². The number of hydrogen-bond acceptors (Lipinski definition) is 7. The SMILES string of the molecule is COC(=O)c1ccccc1N(C)C(=O)Cc1c(C)c2ccc(OC)c(OC)c2oc1=O. The number of benzene rings is 2. The second-order valence-corrected chi connectivity index (χ2v) is 6.81. The molecular weight excluding hydrogens is 402 g/mol. The Kier molecular flexibility index (Phi) is 6.29. The lowest BCUT2D eigenvalue weighted by atomic mass is 10.0. The lowest BCUT2D eigenvalue weighted by Crippen LogP contribution is -2.31. The van der Waals surface area contributed by atoms with Crippen LogP contribution in [0.15, 0.2) is 45.6 Å². The first kappa shape index (κ1) is 21.9. The van der Waals surface area contributed by atoms with Crippen molar-refractivity contribution in [1.82, 2.24) is 0 Å². The highest BCUT2D eigenvalue weighted by atomic mass is 16.5. The fraction of sp³-hybridized carbons (Fsp3) is 0.261. The number of ether oxygens (including phenoxy) is 3. The van der Waals surface area contributed by atoms with Crippen LogP contribution < -0.4 is 20.0 Å². The van der Waals surface area contributed by atoms with Crippen molar-refractivity contribution in [3.8, 4) is 11.5 Å². The second-order valence-electron chi connectivity index (χ2n) is 6.81. The Morgan fingerprint density at radius 1 is 1.03 bits per heavy atom. The molecule has 1 amide bonds. The van der Waals surface area contributed by atoms with Crippen molar-refractivity contribution >= 4 is 28.5 Å². The molecule has 3 aromatic rings. The molecule has 0 atom stereocenters. The van der Waals surface area contributed by atoms with Crippen LogP contribution in [-0.2, 0) is 16.0 Å². The van der Waals surface area contributed by atoms with Gasteiger partial charge in [0, 0.05) is 12.4 Å². The van der Waals surface area contributed by atoms with Crippen molar-refractivity contribution in [2.24, 2.45) is 0 Å². The Morgan fingerprint density at radius 2 is 1.74 bits per heavy atom. The molecule has 1 heterocycles. The minimum absolute atomic E-state index is 0.204. The highest BCUT2D eigenvalue weighted by molar-refractivity contribution is 6.03. The van der Waals surface area contributed by atoms with Crippen LogP contribution in [0, 0.1) is 6.92 Å². The Hall–Kier alpha value is -3.81. The van der Waals surface area contributed by atoms with E-state index in [1.165, 1.54) is 33.3 Å². The van der Waals surface area contributed by atoms with E-state index in [1.807, 2.05) is 0 Å². The summed E-state index contributed by atoms with van der Waals surface area (Å²) in [6.07, 6.45) is -0.204. The molecule has 0 aliphatic rings. The van der Waals surface area contributed by atoms with Gasteiger partial charge in [-0.2, -0.15) is 0 Å². The van der Waals surface area contributed by atoms with Gasteiger partial charge in [-0.05, 0) is 36.8 Å². The van der Waals surface area contributed by atoms with Gasteiger partial charge in [0.25, 0.3) is 0 Å². The van der Waals surface area contributed by atoms with Crippen LogP contribution in [0.25, 0.3) is 11.0 Å². The summed E-state index contributed by atoms with van der Waals surface area (Å²) in [5, 5.41) is 0.637. The van der Waals surface area contributed by atoms with Crippen LogP contribution in [0.5, 0.6) is 11.5 Å². The molecule has 0 saturated heterocycles. The molecule has 0 radical (unpaired) electrons. The van der Waals surface area contributed by atoms with Gasteiger partial charge in [-0.15, -0.1) is 0 Å². The standard InChI is InChI=1S/C23H23NO7/c1-13-14-10-11-18(28-3)21(29-4)20(14)31-23(27)16(13)12-19(25)24(2)17-9-7-6-8-15(17)22(26)30-5/h6-11H,12H2,1-5H3. The van der Waals surface area contributed by atoms with Gasteiger partial charge in [-0.1, -0.05) is 12.1 Å². The molecule has 8 heteroatoms. The first-order valence-electron chi connectivity index (χ1n) is 9.45. The number of carbonyl (C=O) groups is 2. The van der Waals surface area contributed by atoms with Gasteiger partial charge in [-0.25, -0.2) is 9.59 Å². The lowest BCUT2D eigenvalue weighted by Gasteiger charge is -2.20. The summed E-state index contributed by atoms with van der Waals surface area (Å²) in [5.41, 5.74) is 1.08. The molecule has 0 aliphatic carbocycles. The molecule has 162 valence electrons. The molecular formula is C23H23NO7. The lowest BCUT2D eigenvalue weighted by molar-refractivity contribution is -0.117. The Morgan fingerprint density at radius 3 is 2.39 bits per heavy atom. The second kappa shape index (κ2) is 8.91. The predicted octanol–water partition coefficient (Wildman–Crippen LogP) is 3.11. The molecule has 3 rings (SSSR count). The monoisotopic (exact) mass is 425 g/mol. The molecule has 1 aromatic heterocycles. The maximum absolute atomic E-state index is 13.0. The number of aryl methyl sites for hydroxylation is 1. The number of para-hydroxylation sites is 1. The zero-order valence-corrected chi connectivity index (χ0v) is 18.0. The molecule has 8 nitrogen and oxygen atoms in total. The van der Waals surface area contributed by atoms with Crippen molar-refractivity contribution < 1.29 is 28.2 Å². The molecule has 0 aliphatic heterocycles. The number of carbonyl (C=O) groups excluding carboxylic acids is 2. The van der Waals surface area contributed by atoms with Gasteiger partial charge < -0.3 is 23.5 Å². The largest absolute Gasteiger partial charge is 0.493 e. The Labute approximate surface area is 178 Å². The summed E-state index contributed by atoms with van der Waals surface area (Å²) in [5.74, 6) is -0.202. The van der Waals surface area contributed by atoms with Crippen molar-refractivity contribution in [1.29, 1.82) is 0 Å². The Balaban J connectivity index is 2.02. The summed E-state index contributed by atoms with van der Waals surface area (Å²) in [4.78, 5) is 39.1. The zero-order valence-electron chi connectivity index (χ0n) is 18.0. The molecule has 0 unspecified atom stereocenters. The summed E-state index contributed by atoms with van der Waals surface area (Å²) in [6, 6.07) is 10.0. The van der Waals surface area contributed by atoms with Crippen LogP contribution in [-0.4, -0.2) is 40.3 Å². The van der Waals surface area contributed by atoms with E-state index in [9.17, 15) is 14.4 Å². The molecule has 31 heavy (non-hydrogen) atoms. The molecule has 0 saturated carbocycles. The molecule has 0 fully saturated rings. The minimum Gasteiger partial charge on any atom is -0.493 e. The average Bonchev–Trinajstić information content (AvgIpc) is 2.79. The van der Waals surface area contributed by atoms with Crippen LogP contribution in [0.1, 0.15) is 21.5 Å². The number of likely N-dealkylation sites (N-methyl/N-ethyl adjacent to an activating group) is 1. The van der Waals surface area contributed by atoms with Gasteiger partial charge in [0.15, 0.2) is 11.3 Å². The zero-order chi connectivity index (χ0) is 22.7. The number of esters is 1. The van der Waals surface area contributed by atoms with Gasteiger partial charge in [0.1, 0.15) is 0 Å². The number of methoxy groups -OCH3 is 3. The Bertz CT molecular complexity index is 1210. The number of nitrogens with zero attached hydrogens (tertiary/aromatic N) is 1. The smallest absolute Gasteiger partial charge is 0.340 e. The number of rotatable bonds is 6. The van der Waals surface area contributed by atoms with E-state index >= 15 is 0 Å². The molecule has 2 aromatic carbocycles. The van der Waals surface area contributed by atoms with Crippen molar-refractivity contribution in [3.05, 3.63) is 63.5 Å². The number of fused-ring (bicyclic) bond motifs is 1. The van der Waals surface area contributed by atoms with Crippen LogP contribution in [0.3, 0.4) is 0 Å². The highest BCUT2D eigenvalue weighted by Gasteiger charge is 2.23. The van der Waals surface area contributed by atoms with E-state index < -0.39 is 11.6 Å². The van der Waals surface area contributed by atoms with Crippen LogP contribution in [0.2, 0.25) is 0 Å². The number of hydrogen-bond donors (Lipinski definition) is 0. The quantitative estimate of drug-likeness (QED) is 0.442.